The van der Waals surface area contributed by atoms with Crippen LogP contribution < -0.4 is 9.47 Å². The SMILES string of the molecule is COc1ccccc1O/C=C(\C)C(=Nc1ccc(C)c(C)c1)Sc1ccccc1. The first kappa shape index (κ1) is 20.7. The molecule has 4 heteroatoms. The van der Waals surface area contributed by atoms with E-state index in [1.165, 1.54) is 11.1 Å². The predicted octanol–water partition coefficient (Wildman–Crippen LogP) is 7.12. The second-order valence-electron chi connectivity index (χ2n) is 6.67. The smallest absolute Gasteiger partial charge is 0.168 e. The van der Waals surface area contributed by atoms with E-state index in [9.17, 15) is 0 Å². The predicted molar refractivity (Wildman–Crippen MR) is 123 cm³/mol. The molecule has 0 aliphatic rings. The monoisotopic (exact) mass is 403 g/mol. The van der Waals surface area contributed by atoms with Crippen molar-refractivity contribution in [1.29, 1.82) is 0 Å². The standard InChI is InChI=1S/C25H25NO2S/c1-18-14-15-21(16-19(18)2)26-25(29-22-10-6-5-7-11-22)20(3)17-28-24-13-9-8-12-23(24)27-4/h5-17H,1-4H3/b20-17+,26-25?. The number of ether oxygens (including phenoxy) is 2. The maximum atomic E-state index is 5.91. The van der Waals surface area contributed by atoms with Crippen LogP contribution in [0.5, 0.6) is 11.5 Å². The Morgan fingerprint density at radius 1 is 0.862 bits per heavy atom. The van der Waals surface area contributed by atoms with E-state index >= 15 is 0 Å². The average molecular weight is 404 g/mol. The summed E-state index contributed by atoms with van der Waals surface area (Å²) in [6.45, 7) is 6.21. The van der Waals surface area contributed by atoms with Gasteiger partial charge in [0.05, 0.1) is 19.1 Å². The lowest BCUT2D eigenvalue weighted by Gasteiger charge is -2.10. The molecule has 0 atom stereocenters. The summed E-state index contributed by atoms with van der Waals surface area (Å²) < 4.78 is 11.3. The molecule has 0 saturated carbocycles. The minimum absolute atomic E-state index is 0.671. The van der Waals surface area contributed by atoms with E-state index in [4.69, 9.17) is 14.5 Å². The summed E-state index contributed by atoms with van der Waals surface area (Å²) in [7, 11) is 1.64. The number of thioether (sulfide) groups is 1. The Bertz CT molecular complexity index is 1030. The number of hydrogen-bond acceptors (Lipinski definition) is 4. The molecule has 0 heterocycles. The van der Waals surface area contributed by atoms with Crippen LogP contribution in [-0.2, 0) is 0 Å². The van der Waals surface area contributed by atoms with Gasteiger partial charge in [-0.2, -0.15) is 0 Å². The molecule has 0 aliphatic carbocycles. The van der Waals surface area contributed by atoms with Crippen molar-refractivity contribution in [2.24, 2.45) is 4.99 Å². The molecule has 3 aromatic carbocycles. The lowest BCUT2D eigenvalue weighted by atomic mass is 10.1. The molecule has 3 aromatic rings. The van der Waals surface area contributed by atoms with Crippen LogP contribution in [0, 0.1) is 13.8 Å². The van der Waals surface area contributed by atoms with E-state index < -0.39 is 0 Å². The van der Waals surface area contributed by atoms with Crippen LogP contribution in [0.25, 0.3) is 0 Å². The number of aryl methyl sites for hydroxylation is 2. The summed E-state index contributed by atoms with van der Waals surface area (Å²) in [5.74, 6) is 1.37. The maximum Gasteiger partial charge on any atom is 0.168 e. The molecule has 0 aromatic heterocycles. The molecular weight excluding hydrogens is 378 g/mol. The summed E-state index contributed by atoms with van der Waals surface area (Å²) in [6.07, 6.45) is 1.73. The number of hydrogen-bond donors (Lipinski definition) is 0. The highest BCUT2D eigenvalue weighted by Gasteiger charge is 2.09. The Morgan fingerprint density at radius 3 is 2.24 bits per heavy atom. The molecule has 0 spiro atoms. The van der Waals surface area contributed by atoms with Crippen molar-refractivity contribution in [3.8, 4) is 11.5 Å². The van der Waals surface area contributed by atoms with E-state index in [-0.39, 0.29) is 0 Å². The number of para-hydroxylation sites is 2. The Balaban J connectivity index is 1.92. The molecule has 0 unspecified atom stereocenters. The minimum Gasteiger partial charge on any atom is -0.493 e. The molecule has 0 amide bonds. The van der Waals surface area contributed by atoms with Crippen molar-refractivity contribution in [2.75, 3.05) is 7.11 Å². The van der Waals surface area contributed by atoms with Gasteiger partial charge in [-0.3, -0.25) is 0 Å². The van der Waals surface area contributed by atoms with Crippen LogP contribution in [0.15, 0.2) is 94.5 Å². The largest absolute Gasteiger partial charge is 0.493 e. The molecule has 148 valence electrons. The summed E-state index contributed by atoms with van der Waals surface area (Å²) >= 11 is 1.62. The summed E-state index contributed by atoms with van der Waals surface area (Å²) in [5, 5.41) is 0.884. The van der Waals surface area contributed by atoms with Gasteiger partial charge in [-0.1, -0.05) is 48.2 Å². The molecule has 0 fully saturated rings. The van der Waals surface area contributed by atoms with Gasteiger partial charge in [0.2, 0.25) is 0 Å². The van der Waals surface area contributed by atoms with Gasteiger partial charge in [-0.25, -0.2) is 4.99 Å². The lowest BCUT2D eigenvalue weighted by molar-refractivity contribution is 0.377. The van der Waals surface area contributed by atoms with Gasteiger partial charge in [0.25, 0.3) is 0 Å². The molecule has 0 bridgehead atoms. The van der Waals surface area contributed by atoms with Crippen LogP contribution in [-0.4, -0.2) is 12.2 Å². The van der Waals surface area contributed by atoms with Crippen LogP contribution in [0.1, 0.15) is 18.1 Å². The quantitative estimate of drug-likeness (QED) is 0.190. The van der Waals surface area contributed by atoms with Crippen molar-refractivity contribution >= 4 is 22.5 Å². The number of rotatable bonds is 6. The topological polar surface area (TPSA) is 30.8 Å². The molecule has 3 nitrogen and oxygen atoms in total. The van der Waals surface area contributed by atoms with Gasteiger partial charge in [0, 0.05) is 10.5 Å². The van der Waals surface area contributed by atoms with Crippen molar-refractivity contribution in [1.82, 2.24) is 0 Å². The summed E-state index contributed by atoms with van der Waals surface area (Å²) in [6, 6.07) is 24.1. The van der Waals surface area contributed by atoms with Crippen LogP contribution in [0.2, 0.25) is 0 Å². The fraction of sp³-hybridized carbons (Fsp3) is 0.160. The number of benzene rings is 3. The molecule has 29 heavy (non-hydrogen) atoms. The highest BCUT2D eigenvalue weighted by molar-refractivity contribution is 8.14. The lowest BCUT2D eigenvalue weighted by Crippen LogP contribution is -1.98. The van der Waals surface area contributed by atoms with E-state index in [2.05, 4.69) is 38.1 Å². The van der Waals surface area contributed by atoms with Gasteiger partial charge in [0.15, 0.2) is 11.5 Å². The third kappa shape index (κ3) is 5.75. The molecule has 0 saturated heterocycles. The zero-order chi connectivity index (χ0) is 20.6. The minimum atomic E-state index is 0.671. The summed E-state index contributed by atoms with van der Waals surface area (Å²) in [4.78, 5) is 6.04. The highest BCUT2D eigenvalue weighted by Crippen LogP contribution is 2.29. The highest BCUT2D eigenvalue weighted by atomic mass is 32.2. The molecule has 0 radical (unpaired) electrons. The first-order valence-electron chi connectivity index (χ1n) is 9.42. The van der Waals surface area contributed by atoms with Gasteiger partial charge in [0.1, 0.15) is 5.04 Å². The van der Waals surface area contributed by atoms with Gasteiger partial charge in [-0.15, -0.1) is 0 Å². The first-order chi connectivity index (χ1) is 14.1. The molecule has 0 aliphatic heterocycles. The van der Waals surface area contributed by atoms with Crippen molar-refractivity contribution in [3.63, 3.8) is 0 Å². The maximum absolute atomic E-state index is 5.91. The Morgan fingerprint density at radius 2 is 1.55 bits per heavy atom. The number of aliphatic imine (C=N–C) groups is 1. The third-order valence-corrected chi connectivity index (χ3v) is 5.56. The van der Waals surface area contributed by atoms with Crippen LogP contribution >= 0.6 is 11.8 Å². The van der Waals surface area contributed by atoms with Gasteiger partial charge in [-0.05, 0) is 68.3 Å². The molecular formula is C25H25NO2S. The van der Waals surface area contributed by atoms with E-state index in [1.807, 2.05) is 55.5 Å². The van der Waals surface area contributed by atoms with E-state index in [1.54, 1.807) is 25.1 Å². The Hall–Kier alpha value is -2.98. The third-order valence-electron chi connectivity index (χ3n) is 4.45. The van der Waals surface area contributed by atoms with Crippen LogP contribution in [0.3, 0.4) is 0 Å². The zero-order valence-electron chi connectivity index (χ0n) is 17.2. The van der Waals surface area contributed by atoms with Gasteiger partial charge >= 0.3 is 0 Å². The van der Waals surface area contributed by atoms with Crippen molar-refractivity contribution < 1.29 is 9.47 Å². The van der Waals surface area contributed by atoms with Crippen LogP contribution in [0.4, 0.5) is 5.69 Å². The van der Waals surface area contributed by atoms with Crippen molar-refractivity contribution in [3.05, 3.63) is 95.8 Å². The summed E-state index contributed by atoms with van der Waals surface area (Å²) in [5.41, 5.74) is 4.34. The normalized spacial score (nSPS) is 12.0. The van der Waals surface area contributed by atoms with Crippen molar-refractivity contribution in [2.45, 2.75) is 25.7 Å². The van der Waals surface area contributed by atoms with E-state index in [0.29, 0.717) is 11.5 Å². The van der Waals surface area contributed by atoms with E-state index in [0.717, 1.165) is 21.2 Å². The second kappa shape index (κ2) is 9.99. The Labute approximate surface area is 177 Å². The molecule has 3 rings (SSSR count). The molecule has 0 N–H and O–H groups in total. The number of nitrogens with zero attached hydrogens (tertiary/aromatic N) is 1. The number of methoxy groups -OCH3 is 1. The average Bonchev–Trinajstić information content (AvgIpc) is 2.75. The second-order valence-corrected chi connectivity index (χ2v) is 7.73. The Kier molecular flexibility index (Phi) is 7.14. The van der Waals surface area contributed by atoms with Gasteiger partial charge < -0.3 is 9.47 Å². The zero-order valence-corrected chi connectivity index (χ0v) is 18.0. The fourth-order valence-corrected chi connectivity index (χ4v) is 3.50. The first-order valence-corrected chi connectivity index (χ1v) is 10.2. The fourth-order valence-electron chi connectivity index (χ4n) is 2.62.